The molecule has 4 aromatic rings. The smallest absolute Gasteiger partial charge is 0.158 e. The summed E-state index contributed by atoms with van der Waals surface area (Å²) >= 11 is 0. The van der Waals surface area contributed by atoms with Gasteiger partial charge in [0.25, 0.3) is 0 Å². The van der Waals surface area contributed by atoms with Crippen LogP contribution in [0.3, 0.4) is 0 Å². The Morgan fingerprint density at radius 3 is 2.62 bits per heavy atom. The number of nitrogens with zero attached hydrogens (tertiary/aromatic N) is 5. The topological polar surface area (TPSA) is 103 Å². The van der Waals surface area contributed by atoms with E-state index in [0.29, 0.717) is 17.4 Å². The largest absolute Gasteiger partial charge is 0.495 e. The lowest BCUT2D eigenvalue weighted by Gasteiger charge is -2.24. The molecular formula is C24H23N7O. The maximum absolute atomic E-state index is 9.03. The Bertz CT molecular complexity index is 1170. The zero-order chi connectivity index (χ0) is 22.2. The monoisotopic (exact) mass is 425 g/mol. The standard InChI is InChI=1S/C24H23N7O/c1-32-22-13-18(9-11-26-15-19-5-3-2-4-6-19)7-8-21(22)31(23-10-12-29-30-23)24-17-27-20(14-25)16-28-24/h2-8,10,12-13,16-17,26H,9,11,15H2,1H3,(H,29,30). The molecule has 0 saturated heterocycles. The van der Waals surface area contributed by atoms with E-state index in [-0.39, 0.29) is 5.69 Å². The van der Waals surface area contributed by atoms with E-state index in [1.807, 2.05) is 47.4 Å². The molecule has 0 fully saturated rings. The molecule has 2 heterocycles. The summed E-state index contributed by atoms with van der Waals surface area (Å²) in [7, 11) is 1.64. The third-order valence-corrected chi connectivity index (χ3v) is 4.96. The van der Waals surface area contributed by atoms with Crippen LogP contribution in [0.4, 0.5) is 17.3 Å². The van der Waals surface area contributed by atoms with Gasteiger partial charge in [0.15, 0.2) is 11.5 Å². The zero-order valence-corrected chi connectivity index (χ0v) is 17.7. The maximum atomic E-state index is 9.03. The second-order valence-electron chi connectivity index (χ2n) is 7.07. The number of rotatable bonds is 9. The summed E-state index contributed by atoms with van der Waals surface area (Å²) in [5.74, 6) is 1.95. The van der Waals surface area contributed by atoms with Crippen LogP contribution in [0.25, 0.3) is 0 Å². The molecule has 8 heteroatoms. The van der Waals surface area contributed by atoms with Gasteiger partial charge in [-0.05, 0) is 36.2 Å². The molecule has 0 atom stereocenters. The first-order chi connectivity index (χ1) is 15.8. The van der Waals surface area contributed by atoms with Crippen LogP contribution in [-0.4, -0.2) is 33.8 Å². The van der Waals surface area contributed by atoms with Gasteiger partial charge in [0.2, 0.25) is 0 Å². The van der Waals surface area contributed by atoms with E-state index in [1.165, 1.54) is 11.8 Å². The molecule has 0 aliphatic heterocycles. The number of hydrogen-bond acceptors (Lipinski definition) is 7. The number of nitrogens with one attached hydrogen (secondary N) is 2. The lowest BCUT2D eigenvalue weighted by molar-refractivity contribution is 0.415. The van der Waals surface area contributed by atoms with E-state index in [1.54, 1.807) is 19.5 Å². The van der Waals surface area contributed by atoms with Crippen molar-refractivity contribution < 1.29 is 4.74 Å². The highest BCUT2D eigenvalue weighted by Crippen LogP contribution is 2.38. The van der Waals surface area contributed by atoms with Crippen LogP contribution in [0, 0.1) is 11.3 Å². The van der Waals surface area contributed by atoms with Crippen LogP contribution < -0.4 is 15.0 Å². The SMILES string of the molecule is COc1cc(CCNCc2ccccc2)ccc1N(c1cnc(C#N)cn1)c1ccn[nH]1. The quantitative estimate of drug-likeness (QED) is 0.392. The molecule has 0 spiro atoms. The van der Waals surface area contributed by atoms with E-state index >= 15 is 0 Å². The summed E-state index contributed by atoms with van der Waals surface area (Å²) in [6.45, 7) is 1.68. The fourth-order valence-corrected chi connectivity index (χ4v) is 3.37. The van der Waals surface area contributed by atoms with Crippen LogP contribution in [0.1, 0.15) is 16.8 Å². The summed E-state index contributed by atoms with van der Waals surface area (Å²) in [6, 6.07) is 20.3. The zero-order valence-electron chi connectivity index (χ0n) is 17.7. The lowest BCUT2D eigenvalue weighted by atomic mass is 10.1. The van der Waals surface area contributed by atoms with Crippen LogP contribution in [0.2, 0.25) is 0 Å². The van der Waals surface area contributed by atoms with Gasteiger partial charge in [-0.25, -0.2) is 9.97 Å². The van der Waals surface area contributed by atoms with Crippen LogP contribution in [0.15, 0.2) is 73.2 Å². The number of methoxy groups -OCH3 is 1. The predicted molar refractivity (Wildman–Crippen MR) is 122 cm³/mol. The van der Waals surface area contributed by atoms with E-state index in [0.717, 1.165) is 30.8 Å². The Hall–Kier alpha value is -4.22. The highest BCUT2D eigenvalue weighted by Gasteiger charge is 2.19. The Morgan fingerprint density at radius 2 is 1.94 bits per heavy atom. The average Bonchev–Trinajstić information content (AvgIpc) is 3.38. The number of anilines is 3. The summed E-state index contributed by atoms with van der Waals surface area (Å²) in [6.07, 6.45) is 5.53. The van der Waals surface area contributed by atoms with Crippen LogP contribution in [-0.2, 0) is 13.0 Å². The summed E-state index contributed by atoms with van der Waals surface area (Å²) in [5.41, 5.74) is 3.46. The number of ether oxygens (including phenoxy) is 1. The Balaban J connectivity index is 1.53. The molecule has 32 heavy (non-hydrogen) atoms. The van der Waals surface area contributed by atoms with Crippen molar-refractivity contribution in [3.05, 3.63) is 90.0 Å². The molecule has 0 radical (unpaired) electrons. The maximum Gasteiger partial charge on any atom is 0.158 e. The average molecular weight is 425 g/mol. The van der Waals surface area contributed by atoms with Gasteiger partial charge in [-0.1, -0.05) is 36.4 Å². The molecule has 0 saturated carbocycles. The van der Waals surface area contributed by atoms with Gasteiger partial charge < -0.3 is 10.1 Å². The Morgan fingerprint density at radius 1 is 1.06 bits per heavy atom. The fourth-order valence-electron chi connectivity index (χ4n) is 3.37. The second kappa shape index (κ2) is 10.2. The van der Waals surface area contributed by atoms with Crippen molar-refractivity contribution in [2.75, 3.05) is 18.6 Å². The molecule has 0 aliphatic carbocycles. The van der Waals surface area contributed by atoms with Crippen molar-refractivity contribution in [2.45, 2.75) is 13.0 Å². The molecule has 0 amide bonds. The molecular weight excluding hydrogens is 402 g/mol. The van der Waals surface area contributed by atoms with Crippen LogP contribution >= 0.6 is 0 Å². The van der Waals surface area contributed by atoms with Gasteiger partial charge in [0.05, 0.1) is 31.4 Å². The minimum Gasteiger partial charge on any atom is -0.495 e. The third kappa shape index (κ3) is 4.91. The number of H-pyrrole nitrogens is 1. The Kier molecular flexibility index (Phi) is 6.70. The van der Waals surface area contributed by atoms with Gasteiger partial charge in [0, 0.05) is 12.6 Å². The first-order valence-electron chi connectivity index (χ1n) is 10.2. The summed E-state index contributed by atoms with van der Waals surface area (Å²) in [4.78, 5) is 10.4. The lowest BCUT2D eigenvalue weighted by Crippen LogP contribution is -2.17. The van der Waals surface area contributed by atoms with Gasteiger partial charge in [0.1, 0.15) is 17.6 Å². The number of nitriles is 1. The fraction of sp³-hybridized carbons (Fsp3) is 0.167. The molecule has 8 nitrogen and oxygen atoms in total. The molecule has 2 aromatic carbocycles. The number of hydrogen-bond donors (Lipinski definition) is 2. The van der Waals surface area contributed by atoms with Crippen LogP contribution in [0.5, 0.6) is 5.75 Å². The highest BCUT2D eigenvalue weighted by molar-refractivity contribution is 5.76. The molecule has 4 rings (SSSR count). The van der Waals surface area contributed by atoms with Crippen molar-refractivity contribution in [2.24, 2.45) is 0 Å². The summed E-state index contributed by atoms with van der Waals surface area (Å²) in [5, 5.41) is 19.5. The van der Waals surface area contributed by atoms with E-state index in [9.17, 15) is 0 Å². The molecule has 2 N–H and O–H groups in total. The molecule has 0 unspecified atom stereocenters. The first-order valence-corrected chi connectivity index (χ1v) is 10.2. The molecule has 2 aromatic heterocycles. The van der Waals surface area contributed by atoms with Crippen molar-refractivity contribution in [3.8, 4) is 11.8 Å². The third-order valence-electron chi connectivity index (χ3n) is 4.96. The van der Waals surface area contributed by atoms with Crippen molar-refractivity contribution in [1.29, 1.82) is 5.26 Å². The van der Waals surface area contributed by atoms with Gasteiger partial charge in [-0.15, -0.1) is 0 Å². The van der Waals surface area contributed by atoms with Crippen molar-refractivity contribution in [3.63, 3.8) is 0 Å². The predicted octanol–water partition coefficient (Wildman–Crippen LogP) is 3.88. The molecule has 0 bridgehead atoms. The molecule has 160 valence electrons. The number of aromatic amines is 1. The number of benzene rings is 2. The van der Waals surface area contributed by atoms with Gasteiger partial charge in [-0.3, -0.25) is 10.00 Å². The van der Waals surface area contributed by atoms with E-state index in [2.05, 4.69) is 43.7 Å². The minimum absolute atomic E-state index is 0.253. The molecule has 0 aliphatic rings. The first kappa shape index (κ1) is 21.0. The second-order valence-corrected chi connectivity index (χ2v) is 7.07. The van der Waals surface area contributed by atoms with Gasteiger partial charge in [-0.2, -0.15) is 10.4 Å². The van der Waals surface area contributed by atoms with E-state index < -0.39 is 0 Å². The van der Waals surface area contributed by atoms with Crippen molar-refractivity contribution in [1.82, 2.24) is 25.5 Å². The van der Waals surface area contributed by atoms with E-state index in [4.69, 9.17) is 10.00 Å². The normalized spacial score (nSPS) is 10.5. The minimum atomic E-state index is 0.253. The van der Waals surface area contributed by atoms with Crippen molar-refractivity contribution >= 4 is 17.3 Å². The highest BCUT2D eigenvalue weighted by atomic mass is 16.5. The number of aromatic nitrogens is 4. The van der Waals surface area contributed by atoms with Gasteiger partial charge >= 0.3 is 0 Å². The summed E-state index contributed by atoms with van der Waals surface area (Å²) < 4.78 is 5.71. The Labute approximate surface area is 186 Å².